The number of halogens is 2. The Morgan fingerprint density at radius 2 is 1.64 bits per heavy atom. The molecule has 0 saturated carbocycles. The average Bonchev–Trinajstić information content (AvgIpc) is 2.78. The molecule has 0 fully saturated rings. The van der Waals surface area contributed by atoms with Crippen molar-refractivity contribution in [1.29, 1.82) is 0 Å². The molecular formula is C22H20Cl2N4O5. The predicted molar refractivity (Wildman–Crippen MR) is 128 cm³/mol. The van der Waals surface area contributed by atoms with E-state index in [-0.39, 0.29) is 33.4 Å². The number of pyridine rings is 1. The van der Waals surface area contributed by atoms with Gasteiger partial charge in [0.2, 0.25) is 0 Å². The molecule has 2 aromatic carbocycles. The number of nitrogens with zero attached hydrogens (tertiary/aromatic N) is 1. The number of rotatable bonds is 10. The van der Waals surface area contributed by atoms with E-state index in [1.165, 1.54) is 12.4 Å². The number of nitrogens with one attached hydrogen (secondary N) is 3. The Morgan fingerprint density at radius 1 is 1.03 bits per heavy atom. The first-order chi connectivity index (χ1) is 15.7. The Kier molecular flexibility index (Phi) is 7.67. The molecule has 9 nitrogen and oxygen atoms in total. The quantitative estimate of drug-likeness (QED) is 0.318. The van der Waals surface area contributed by atoms with Crippen LogP contribution in [0.1, 0.15) is 29.3 Å². The normalized spacial score (nSPS) is 11.7. The number of carbonyl (C=O) groups excluding carboxylic acids is 1. The number of amides is 1. The van der Waals surface area contributed by atoms with Crippen LogP contribution in [0.25, 0.3) is 0 Å². The lowest BCUT2D eigenvalue weighted by Gasteiger charge is -2.20. The van der Waals surface area contributed by atoms with Crippen LogP contribution in [0.2, 0.25) is 10.0 Å². The number of carboxylic acids is 1. The van der Waals surface area contributed by atoms with E-state index in [4.69, 9.17) is 23.2 Å². The summed E-state index contributed by atoms with van der Waals surface area (Å²) in [6.07, 6.45) is 3.40. The zero-order chi connectivity index (χ0) is 24.1. The highest BCUT2D eigenvalue weighted by Gasteiger charge is 2.26. The second kappa shape index (κ2) is 10.5. The van der Waals surface area contributed by atoms with E-state index in [2.05, 4.69) is 20.9 Å². The second-order valence-corrected chi connectivity index (χ2v) is 8.02. The van der Waals surface area contributed by atoms with Gasteiger partial charge in [-0.2, -0.15) is 0 Å². The van der Waals surface area contributed by atoms with Crippen LogP contribution < -0.4 is 26.8 Å². The van der Waals surface area contributed by atoms with Gasteiger partial charge in [-0.25, -0.2) is 4.79 Å². The fourth-order valence-corrected chi connectivity index (χ4v) is 3.64. The molecule has 0 radical (unpaired) electrons. The van der Waals surface area contributed by atoms with Gasteiger partial charge in [-0.3, -0.25) is 19.4 Å². The van der Waals surface area contributed by atoms with E-state index in [1.54, 1.807) is 24.3 Å². The average molecular weight is 491 g/mol. The van der Waals surface area contributed by atoms with E-state index in [1.807, 2.05) is 6.92 Å². The molecule has 0 aliphatic carbocycles. The molecule has 4 N–H and O–H groups in total. The lowest BCUT2D eigenvalue weighted by molar-refractivity contribution is -0.137. The molecule has 1 amide bonds. The molecule has 11 heteroatoms. The maximum atomic E-state index is 12.5. The van der Waals surface area contributed by atoms with Crippen molar-refractivity contribution in [2.45, 2.75) is 25.8 Å². The summed E-state index contributed by atoms with van der Waals surface area (Å²) in [6, 6.07) is 5.34. The molecule has 3 rings (SSSR count). The van der Waals surface area contributed by atoms with E-state index in [0.29, 0.717) is 17.8 Å². The molecule has 0 spiro atoms. The molecular weight excluding hydrogens is 471 g/mol. The van der Waals surface area contributed by atoms with Gasteiger partial charge >= 0.3 is 5.97 Å². The molecule has 1 heterocycles. The first kappa shape index (κ1) is 24.2. The summed E-state index contributed by atoms with van der Waals surface area (Å²) in [4.78, 5) is 51.6. The van der Waals surface area contributed by atoms with Crippen molar-refractivity contribution >= 4 is 52.1 Å². The minimum atomic E-state index is -1.18. The maximum absolute atomic E-state index is 12.5. The molecule has 172 valence electrons. The third-order valence-electron chi connectivity index (χ3n) is 4.81. The molecule has 33 heavy (non-hydrogen) atoms. The first-order valence-corrected chi connectivity index (χ1v) is 10.7. The number of aliphatic carboxylic acids is 1. The zero-order valence-electron chi connectivity index (χ0n) is 17.4. The van der Waals surface area contributed by atoms with Gasteiger partial charge in [0.15, 0.2) is 0 Å². The minimum Gasteiger partial charge on any atom is -0.480 e. The van der Waals surface area contributed by atoms with Crippen LogP contribution in [-0.2, 0) is 11.2 Å². The van der Waals surface area contributed by atoms with Gasteiger partial charge in [0, 0.05) is 31.0 Å². The van der Waals surface area contributed by atoms with Crippen LogP contribution in [-0.4, -0.2) is 34.6 Å². The van der Waals surface area contributed by atoms with Gasteiger partial charge in [0.05, 0.1) is 15.6 Å². The van der Waals surface area contributed by atoms with Crippen molar-refractivity contribution in [2.75, 3.05) is 22.5 Å². The van der Waals surface area contributed by atoms with Crippen LogP contribution in [0.5, 0.6) is 0 Å². The molecule has 1 aromatic heterocycles. The summed E-state index contributed by atoms with van der Waals surface area (Å²) >= 11 is 12.0. The Bertz CT molecular complexity index is 1230. The molecule has 0 aliphatic heterocycles. The molecule has 0 aliphatic rings. The molecule has 1 atom stereocenters. The lowest BCUT2D eigenvalue weighted by atomic mass is 10.0. The van der Waals surface area contributed by atoms with Crippen molar-refractivity contribution in [2.24, 2.45) is 0 Å². The van der Waals surface area contributed by atoms with Gasteiger partial charge in [-0.1, -0.05) is 42.3 Å². The summed E-state index contributed by atoms with van der Waals surface area (Å²) in [6.45, 7) is 2.39. The number of aromatic nitrogens is 1. The van der Waals surface area contributed by atoms with Crippen molar-refractivity contribution in [1.82, 2.24) is 4.98 Å². The molecule has 0 unspecified atom stereocenters. The van der Waals surface area contributed by atoms with Crippen molar-refractivity contribution in [3.8, 4) is 0 Å². The first-order valence-electron chi connectivity index (χ1n) is 9.98. The van der Waals surface area contributed by atoms with Crippen LogP contribution in [0.4, 0.5) is 17.1 Å². The number of anilines is 3. The summed E-state index contributed by atoms with van der Waals surface area (Å²) in [5.41, 5.74) is -0.143. The molecule has 3 aromatic rings. The fourth-order valence-electron chi connectivity index (χ4n) is 3.10. The zero-order valence-corrected chi connectivity index (χ0v) is 19.0. The SMILES string of the molecule is CCCNc1c(N[C@@H](Cc2ccc(NC(=O)c3c(Cl)cncc3Cl)cc2)C(=O)O)c(=O)c1=O. The second-order valence-electron chi connectivity index (χ2n) is 7.20. The monoisotopic (exact) mass is 490 g/mol. The highest BCUT2D eigenvalue weighted by atomic mass is 35.5. The van der Waals surface area contributed by atoms with Crippen molar-refractivity contribution < 1.29 is 14.7 Å². The lowest BCUT2D eigenvalue weighted by Crippen LogP contribution is -2.42. The van der Waals surface area contributed by atoms with Gasteiger partial charge in [-0.15, -0.1) is 0 Å². The number of benzene rings is 1. The Hall–Kier alpha value is -3.43. The van der Waals surface area contributed by atoms with Crippen LogP contribution in [0.15, 0.2) is 46.2 Å². The highest BCUT2D eigenvalue weighted by Crippen LogP contribution is 2.24. The van der Waals surface area contributed by atoms with Gasteiger partial charge < -0.3 is 21.1 Å². The summed E-state index contributed by atoms with van der Waals surface area (Å²) < 4.78 is 0. The van der Waals surface area contributed by atoms with Crippen LogP contribution in [0, 0.1) is 0 Å². The van der Waals surface area contributed by atoms with E-state index in [0.717, 1.165) is 6.42 Å². The minimum absolute atomic E-state index is 0.0177. The third-order valence-corrected chi connectivity index (χ3v) is 5.38. The summed E-state index contributed by atoms with van der Waals surface area (Å²) in [7, 11) is 0. The fraction of sp³-hybridized carbons (Fsp3) is 0.227. The largest absolute Gasteiger partial charge is 0.480 e. The maximum Gasteiger partial charge on any atom is 0.326 e. The number of hydrogen-bond donors (Lipinski definition) is 4. The van der Waals surface area contributed by atoms with E-state index >= 15 is 0 Å². The van der Waals surface area contributed by atoms with Crippen molar-refractivity contribution in [3.05, 3.63) is 78.3 Å². The summed E-state index contributed by atoms with van der Waals surface area (Å²) in [5, 5.41) is 18.0. The summed E-state index contributed by atoms with van der Waals surface area (Å²) in [5.74, 6) is -1.69. The third kappa shape index (κ3) is 5.50. The highest BCUT2D eigenvalue weighted by molar-refractivity contribution is 6.40. The Balaban J connectivity index is 1.69. The Morgan fingerprint density at radius 3 is 2.21 bits per heavy atom. The number of carboxylic acid groups (broad SMARTS) is 1. The molecule has 0 saturated heterocycles. The van der Waals surface area contributed by atoms with E-state index in [9.17, 15) is 24.3 Å². The van der Waals surface area contributed by atoms with E-state index < -0.39 is 28.8 Å². The van der Waals surface area contributed by atoms with Gasteiger partial charge in [0.1, 0.15) is 17.4 Å². The predicted octanol–water partition coefficient (Wildman–Crippen LogP) is 3.17. The topological polar surface area (TPSA) is 137 Å². The van der Waals surface area contributed by atoms with Crippen molar-refractivity contribution in [3.63, 3.8) is 0 Å². The number of carbonyl (C=O) groups is 2. The van der Waals surface area contributed by atoms with Crippen LogP contribution in [0.3, 0.4) is 0 Å². The van der Waals surface area contributed by atoms with Crippen LogP contribution >= 0.6 is 23.2 Å². The standard InChI is InChI=1S/C22H20Cl2N4O5/c1-2-7-26-17-18(20(30)19(17)29)28-15(22(32)33)8-11-3-5-12(6-4-11)27-21(31)16-13(23)9-25-10-14(16)24/h3-6,9-10,15,26,28H,2,7-8H2,1H3,(H,27,31)(H,32,33)/t15-/m0/s1. The molecule has 0 bridgehead atoms. The Labute approximate surface area is 198 Å². The van der Waals surface area contributed by atoms with Gasteiger partial charge in [0.25, 0.3) is 16.8 Å². The van der Waals surface area contributed by atoms with Gasteiger partial charge in [-0.05, 0) is 24.1 Å². The number of hydrogen-bond acceptors (Lipinski definition) is 7. The smallest absolute Gasteiger partial charge is 0.326 e.